The fourth-order valence-corrected chi connectivity index (χ4v) is 3.71. The number of nitrogens with zero attached hydrogens (tertiary/aromatic N) is 1. The average Bonchev–Trinajstić information content (AvgIpc) is 2.36. The Morgan fingerprint density at radius 1 is 1.29 bits per heavy atom. The molecule has 1 aromatic rings. The SMILES string of the molecule is CC1CCCC(C(O)Cc2cc(F)cc(F)c2)(N(C)C)C1. The van der Waals surface area contributed by atoms with Crippen molar-refractivity contribution in [1.29, 1.82) is 0 Å². The maximum Gasteiger partial charge on any atom is 0.126 e. The molecule has 3 atom stereocenters. The van der Waals surface area contributed by atoms with Crippen molar-refractivity contribution >= 4 is 0 Å². The summed E-state index contributed by atoms with van der Waals surface area (Å²) in [7, 11) is 3.96. The summed E-state index contributed by atoms with van der Waals surface area (Å²) in [4.78, 5) is 2.09. The summed E-state index contributed by atoms with van der Waals surface area (Å²) in [6.45, 7) is 2.20. The van der Waals surface area contributed by atoms with E-state index in [9.17, 15) is 13.9 Å². The van der Waals surface area contributed by atoms with Gasteiger partial charge in [-0.1, -0.05) is 19.8 Å². The molecule has 1 saturated carbocycles. The maximum atomic E-state index is 13.3. The van der Waals surface area contributed by atoms with Crippen molar-refractivity contribution in [2.45, 2.75) is 50.7 Å². The number of benzene rings is 1. The Morgan fingerprint density at radius 3 is 2.43 bits per heavy atom. The summed E-state index contributed by atoms with van der Waals surface area (Å²) in [5.41, 5.74) is 0.208. The van der Waals surface area contributed by atoms with Crippen LogP contribution in [0.25, 0.3) is 0 Å². The van der Waals surface area contributed by atoms with Crippen LogP contribution in [-0.4, -0.2) is 35.7 Å². The maximum absolute atomic E-state index is 13.3. The normalized spacial score (nSPS) is 27.9. The van der Waals surface area contributed by atoms with Crippen molar-refractivity contribution in [3.05, 3.63) is 35.4 Å². The zero-order valence-electron chi connectivity index (χ0n) is 13.1. The van der Waals surface area contributed by atoms with Gasteiger partial charge in [0.2, 0.25) is 0 Å². The van der Waals surface area contributed by atoms with Crippen LogP contribution in [0.2, 0.25) is 0 Å². The average molecular weight is 297 g/mol. The van der Waals surface area contributed by atoms with Crippen LogP contribution in [0.1, 0.15) is 38.2 Å². The molecule has 0 amide bonds. The zero-order valence-corrected chi connectivity index (χ0v) is 13.1. The molecule has 0 aromatic heterocycles. The minimum absolute atomic E-state index is 0.277. The lowest BCUT2D eigenvalue weighted by atomic mass is 9.71. The van der Waals surface area contributed by atoms with Crippen LogP contribution in [0.5, 0.6) is 0 Å². The lowest BCUT2D eigenvalue weighted by molar-refractivity contribution is -0.0425. The Morgan fingerprint density at radius 2 is 1.90 bits per heavy atom. The molecule has 1 aliphatic rings. The van der Waals surface area contributed by atoms with Gasteiger partial charge in [-0.25, -0.2) is 8.78 Å². The summed E-state index contributed by atoms with van der Waals surface area (Å²) < 4.78 is 26.6. The minimum Gasteiger partial charge on any atom is -0.391 e. The third-order valence-electron chi connectivity index (χ3n) is 4.87. The van der Waals surface area contributed by atoms with E-state index in [1.165, 1.54) is 18.6 Å². The number of halogens is 2. The number of rotatable bonds is 4. The molecule has 0 heterocycles. The molecular weight excluding hydrogens is 272 g/mol. The highest BCUT2D eigenvalue weighted by Gasteiger charge is 2.42. The second-order valence-electron chi connectivity index (χ2n) is 6.70. The molecule has 0 saturated heterocycles. The molecule has 1 fully saturated rings. The Balaban J connectivity index is 2.20. The van der Waals surface area contributed by atoms with E-state index in [4.69, 9.17) is 0 Å². The van der Waals surface area contributed by atoms with E-state index in [1.54, 1.807) is 0 Å². The Kier molecular flexibility index (Phi) is 4.99. The van der Waals surface area contributed by atoms with Gasteiger partial charge in [0.05, 0.1) is 6.10 Å². The van der Waals surface area contributed by atoms with Crippen LogP contribution in [-0.2, 0) is 6.42 Å². The number of aliphatic hydroxyl groups excluding tert-OH is 1. The summed E-state index contributed by atoms with van der Waals surface area (Å²) in [6, 6.07) is 3.48. The number of aliphatic hydroxyl groups is 1. The molecule has 21 heavy (non-hydrogen) atoms. The lowest BCUT2D eigenvalue weighted by Crippen LogP contribution is -2.56. The molecule has 4 heteroatoms. The van der Waals surface area contributed by atoms with Crippen LogP contribution < -0.4 is 0 Å². The molecule has 1 N–H and O–H groups in total. The zero-order chi connectivity index (χ0) is 15.6. The second kappa shape index (κ2) is 6.41. The van der Waals surface area contributed by atoms with Gasteiger partial charge in [0, 0.05) is 18.0 Å². The van der Waals surface area contributed by atoms with Crippen molar-refractivity contribution in [2.75, 3.05) is 14.1 Å². The minimum atomic E-state index is -0.628. The van der Waals surface area contributed by atoms with Crippen LogP contribution in [0.15, 0.2) is 18.2 Å². The van der Waals surface area contributed by atoms with Gasteiger partial charge < -0.3 is 10.0 Å². The summed E-state index contributed by atoms with van der Waals surface area (Å²) in [6.07, 6.45) is 3.74. The van der Waals surface area contributed by atoms with E-state index in [2.05, 4.69) is 11.8 Å². The molecule has 2 rings (SSSR count). The van der Waals surface area contributed by atoms with E-state index >= 15 is 0 Å². The molecular formula is C17H25F2NO. The van der Waals surface area contributed by atoms with Gasteiger partial charge in [0.25, 0.3) is 0 Å². The van der Waals surface area contributed by atoms with E-state index < -0.39 is 17.7 Å². The second-order valence-corrected chi connectivity index (χ2v) is 6.70. The quantitative estimate of drug-likeness (QED) is 0.921. The standard InChI is InChI=1S/C17H25F2NO/c1-12-5-4-6-17(11-12,20(2)3)16(21)9-13-7-14(18)10-15(19)8-13/h7-8,10,12,16,21H,4-6,9,11H2,1-3H3. The third kappa shape index (κ3) is 3.61. The highest BCUT2D eigenvalue weighted by Crippen LogP contribution is 2.39. The van der Waals surface area contributed by atoms with Crippen molar-refractivity contribution in [2.24, 2.45) is 5.92 Å². The fraction of sp³-hybridized carbons (Fsp3) is 0.647. The first kappa shape index (κ1) is 16.4. The predicted molar refractivity (Wildman–Crippen MR) is 80.1 cm³/mol. The van der Waals surface area contributed by atoms with Gasteiger partial charge in [0.1, 0.15) is 11.6 Å². The monoisotopic (exact) mass is 297 g/mol. The molecule has 0 spiro atoms. The van der Waals surface area contributed by atoms with Gasteiger partial charge in [0.15, 0.2) is 0 Å². The Hall–Kier alpha value is -1.00. The van der Waals surface area contributed by atoms with E-state index in [1.807, 2.05) is 14.1 Å². The first-order valence-corrected chi connectivity index (χ1v) is 7.64. The summed E-state index contributed by atoms with van der Waals surface area (Å²) >= 11 is 0. The first-order valence-electron chi connectivity index (χ1n) is 7.64. The number of hydrogen-bond acceptors (Lipinski definition) is 2. The van der Waals surface area contributed by atoms with Crippen molar-refractivity contribution in [1.82, 2.24) is 4.90 Å². The molecule has 0 bridgehead atoms. The van der Waals surface area contributed by atoms with E-state index in [-0.39, 0.29) is 12.0 Å². The van der Waals surface area contributed by atoms with Gasteiger partial charge in [-0.05, 0) is 50.6 Å². The largest absolute Gasteiger partial charge is 0.391 e. The smallest absolute Gasteiger partial charge is 0.126 e. The van der Waals surface area contributed by atoms with Crippen LogP contribution in [0.4, 0.5) is 8.78 Å². The molecule has 0 aliphatic heterocycles. The molecule has 2 nitrogen and oxygen atoms in total. The number of likely N-dealkylation sites (N-methyl/N-ethyl adjacent to an activating group) is 1. The van der Waals surface area contributed by atoms with Crippen LogP contribution in [0.3, 0.4) is 0 Å². The Bertz CT molecular complexity index is 471. The topological polar surface area (TPSA) is 23.5 Å². The van der Waals surface area contributed by atoms with Gasteiger partial charge in [-0.15, -0.1) is 0 Å². The third-order valence-corrected chi connectivity index (χ3v) is 4.87. The highest BCUT2D eigenvalue weighted by atomic mass is 19.1. The Labute approximate surface area is 125 Å². The fourth-order valence-electron chi connectivity index (χ4n) is 3.71. The van der Waals surface area contributed by atoms with Crippen LogP contribution in [0, 0.1) is 17.6 Å². The van der Waals surface area contributed by atoms with Gasteiger partial charge in [-0.3, -0.25) is 0 Å². The van der Waals surface area contributed by atoms with E-state index in [0.717, 1.165) is 25.3 Å². The molecule has 1 aliphatic carbocycles. The first-order chi connectivity index (χ1) is 9.83. The summed E-state index contributed by atoms with van der Waals surface area (Å²) in [5, 5.41) is 10.8. The molecule has 0 radical (unpaired) electrons. The highest BCUT2D eigenvalue weighted by molar-refractivity contribution is 5.20. The molecule has 1 aromatic carbocycles. The predicted octanol–water partition coefficient (Wildman–Crippen LogP) is 3.38. The number of hydrogen-bond donors (Lipinski definition) is 1. The van der Waals surface area contributed by atoms with Crippen molar-refractivity contribution in [3.8, 4) is 0 Å². The van der Waals surface area contributed by atoms with Crippen molar-refractivity contribution in [3.63, 3.8) is 0 Å². The van der Waals surface area contributed by atoms with Gasteiger partial charge in [-0.2, -0.15) is 0 Å². The van der Waals surface area contributed by atoms with E-state index in [0.29, 0.717) is 11.5 Å². The van der Waals surface area contributed by atoms with Crippen molar-refractivity contribution < 1.29 is 13.9 Å². The lowest BCUT2D eigenvalue weighted by Gasteiger charge is -2.48. The molecule has 3 unspecified atom stereocenters. The molecule has 118 valence electrons. The van der Waals surface area contributed by atoms with Gasteiger partial charge >= 0.3 is 0 Å². The van der Waals surface area contributed by atoms with Crippen LogP contribution >= 0.6 is 0 Å². The summed E-state index contributed by atoms with van der Waals surface area (Å²) in [5.74, 6) is -0.624.